The quantitative estimate of drug-likeness (QED) is 0.154. The van der Waals surface area contributed by atoms with E-state index in [4.69, 9.17) is 14.4 Å². The predicted octanol–water partition coefficient (Wildman–Crippen LogP) is 15.0. The fraction of sp³-hybridized carbons (Fsp3) is 0.0357. The van der Waals surface area contributed by atoms with Crippen LogP contribution in [0.5, 0.6) is 0 Å². The largest absolute Gasteiger partial charge is 0.455 e. The number of benzene rings is 8. The van der Waals surface area contributed by atoms with Crippen LogP contribution in [-0.4, -0.2) is 9.97 Å². The fourth-order valence-corrected chi connectivity index (χ4v) is 8.55. The van der Waals surface area contributed by atoms with Crippen LogP contribution in [0.4, 0.5) is 11.4 Å². The van der Waals surface area contributed by atoms with Crippen LogP contribution in [0.25, 0.3) is 77.7 Å². The number of para-hydroxylation sites is 1. The summed E-state index contributed by atoms with van der Waals surface area (Å²) < 4.78 is 6.88. The normalized spacial score (nSPS) is 13.8. The number of fused-ring (bicyclic) bond motifs is 4. The van der Waals surface area contributed by atoms with Crippen molar-refractivity contribution in [1.82, 2.24) is 9.97 Å². The van der Waals surface area contributed by atoms with Crippen molar-refractivity contribution in [3.05, 3.63) is 230 Å². The first-order valence-corrected chi connectivity index (χ1v) is 20.5. The number of furan rings is 1. The van der Waals surface area contributed by atoms with Gasteiger partial charge in [0.05, 0.1) is 11.4 Å². The number of nitrogens with zero attached hydrogens (tertiary/aromatic N) is 3. The second kappa shape index (κ2) is 15.2. The zero-order valence-electron chi connectivity index (χ0n) is 32.8. The second-order valence-corrected chi connectivity index (χ2v) is 15.4. The first kappa shape index (κ1) is 35.4. The second-order valence-electron chi connectivity index (χ2n) is 15.4. The molecule has 0 fully saturated rings. The predicted molar refractivity (Wildman–Crippen MR) is 248 cm³/mol. The van der Waals surface area contributed by atoms with Gasteiger partial charge in [-0.2, -0.15) is 0 Å². The summed E-state index contributed by atoms with van der Waals surface area (Å²) in [5.41, 5.74) is 13.0. The van der Waals surface area contributed by atoms with Crippen LogP contribution in [0.3, 0.4) is 0 Å². The van der Waals surface area contributed by atoms with Gasteiger partial charge < -0.3 is 9.32 Å². The van der Waals surface area contributed by atoms with E-state index in [9.17, 15) is 0 Å². The number of rotatable bonds is 8. The van der Waals surface area contributed by atoms with Crippen LogP contribution in [0.2, 0.25) is 0 Å². The third kappa shape index (κ3) is 6.64. The van der Waals surface area contributed by atoms with E-state index >= 15 is 0 Å². The maximum absolute atomic E-state index is 6.88. The molecule has 0 bridgehead atoms. The van der Waals surface area contributed by atoms with Crippen LogP contribution in [-0.2, 0) is 0 Å². The minimum atomic E-state index is 0.345. The van der Waals surface area contributed by atoms with Crippen LogP contribution in [0.1, 0.15) is 17.9 Å². The van der Waals surface area contributed by atoms with Gasteiger partial charge in [-0.1, -0.05) is 158 Å². The van der Waals surface area contributed by atoms with Gasteiger partial charge in [-0.25, -0.2) is 9.97 Å². The van der Waals surface area contributed by atoms with Gasteiger partial charge in [0.2, 0.25) is 0 Å². The highest BCUT2D eigenvalue weighted by Crippen LogP contribution is 2.43. The molecule has 2 aromatic heterocycles. The molecule has 0 N–H and O–H groups in total. The lowest BCUT2D eigenvalue weighted by atomic mass is 9.91. The summed E-state index contributed by atoms with van der Waals surface area (Å²) in [5, 5.41) is 4.42. The molecule has 4 heteroatoms. The Bertz CT molecular complexity index is 3170. The maximum atomic E-state index is 6.88. The molecule has 0 saturated heterocycles. The number of anilines is 2. The molecule has 60 heavy (non-hydrogen) atoms. The average Bonchev–Trinajstić information content (AvgIpc) is 3.69. The molecule has 0 spiro atoms. The van der Waals surface area contributed by atoms with E-state index in [1.807, 2.05) is 24.3 Å². The van der Waals surface area contributed by atoms with Crippen molar-refractivity contribution < 1.29 is 4.42 Å². The number of aromatic nitrogens is 2. The molecule has 0 radical (unpaired) electrons. The summed E-state index contributed by atoms with van der Waals surface area (Å²) in [4.78, 5) is 12.8. The summed E-state index contributed by atoms with van der Waals surface area (Å²) in [6.45, 7) is 0. The Balaban J connectivity index is 1.10. The summed E-state index contributed by atoms with van der Waals surface area (Å²) in [7, 11) is 0. The summed E-state index contributed by atoms with van der Waals surface area (Å²) in [5.74, 6) is 1.01. The molecule has 284 valence electrons. The Morgan fingerprint density at radius 3 is 1.85 bits per heavy atom. The summed E-state index contributed by atoms with van der Waals surface area (Å²) in [6.07, 6.45) is 7.91. The standard InChI is InChI=1S/C56H39N3O/c1-5-16-38(17-6-1)39-28-30-47(31-29-39)59(46-25-11-4-12-26-46)48-27-15-24-42(32-48)45-34-50-49-33-43-22-13-14-23-44(43)36-54(49)60-55(50)51(35-45)53-37-52(40-18-7-2-8-19-40)57-56(58-53)41-20-9-3-10-21-41/h1-28,30-37,39H,29H2. The van der Waals surface area contributed by atoms with Crippen LogP contribution in [0, 0.1) is 0 Å². The molecule has 1 aliphatic rings. The SMILES string of the molecule is C1=CC(c2ccccc2)CC=C1N(c1ccccc1)c1cccc(-c2cc(-c3cc(-c4ccccc4)nc(-c4ccccc4)n3)c3oc4cc5ccccc5cc4c3c2)c1. The Morgan fingerprint density at radius 1 is 0.483 bits per heavy atom. The molecule has 1 unspecified atom stereocenters. The Hall–Kier alpha value is -7.82. The average molecular weight is 770 g/mol. The van der Waals surface area contributed by atoms with E-state index in [0.717, 1.165) is 90.0 Å². The van der Waals surface area contributed by atoms with Gasteiger partial charge in [0, 0.05) is 50.5 Å². The highest BCUT2D eigenvalue weighted by Gasteiger charge is 2.22. The van der Waals surface area contributed by atoms with Gasteiger partial charge in [-0.15, -0.1) is 0 Å². The fourth-order valence-electron chi connectivity index (χ4n) is 8.55. The van der Waals surface area contributed by atoms with Gasteiger partial charge in [-0.3, -0.25) is 0 Å². The van der Waals surface area contributed by atoms with Gasteiger partial charge in [0.1, 0.15) is 11.2 Å². The van der Waals surface area contributed by atoms with Crippen molar-refractivity contribution in [1.29, 1.82) is 0 Å². The minimum absolute atomic E-state index is 0.345. The summed E-state index contributed by atoms with van der Waals surface area (Å²) in [6, 6.07) is 70.3. The zero-order valence-corrected chi connectivity index (χ0v) is 32.8. The van der Waals surface area contributed by atoms with Crippen molar-refractivity contribution in [2.45, 2.75) is 12.3 Å². The van der Waals surface area contributed by atoms with E-state index in [1.165, 1.54) is 10.9 Å². The van der Waals surface area contributed by atoms with E-state index in [-0.39, 0.29) is 0 Å². The Labute approximate surface area is 349 Å². The zero-order chi connectivity index (χ0) is 39.8. The van der Waals surface area contributed by atoms with Crippen LogP contribution >= 0.6 is 0 Å². The molecule has 1 aliphatic carbocycles. The topological polar surface area (TPSA) is 42.2 Å². The molecular formula is C56H39N3O. The van der Waals surface area contributed by atoms with Crippen LogP contribution in [0.15, 0.2) is 229 Å². The smallest absolute Gasteiger partial charge is 0.160 e. The molecule has 0 aliphatic heterocycles. The molecule has 0 amide bonds. The summed E-state index contributed by atoms with van der Waals surface area (Å²) >= 11 is 0. The maximum Gasteiger partial charge on any atom is 0.160 e. The first-order valence-electron chi connectivity index (χ1n) is 20.5. The molecule has 2 heterocycles. The van der Waals surface area contributed by atoms with Crippen molar-refractivity contribution >= 4 is 44.1 Å². The third-order valence-corrected chi connectivity index (χ3v) is 11.6. The van der Waals surface area contributed by atoms with Gasteiger partial charge in [0.15, 0.2) is 5.82 Å². The number of allylic oxidation sites excluding steroid dienone is 3. The number of hydrogen-bond donors (Lipinski definition) is 0. The lowest BCUT2D eigenvalue weighted by Crippen LogP contribution is -2.17. The van der Waals surface area contributed by atoms with Crippen molar-refractivity contribution in [3.63, 3.8) is 0 Å². The monoisotopic (exact) mass is 769 g/mol. The van der Waals surface area contributed by atoms with Crippen LogP contribution < -0.4 is 4.90 Å². The first-order chi connectivity index (χ1) is 29.7. The van der Waals surface area contributed by atoms with E-state index in [2.05, 4.69) is 199 Å². The van der Waals surface area contributed by atoms with E-state index in [1.54, 1.807) is 0 Å². The van der Waals surface area contributed by atoms with Gasteiger partial charge in [0.25, 0.3) is 0 Å². The lowest BCUT2D eigenvalue weighted by Gasteiger charge is -2.29. The van der Waals surface area contributed by atoms with E-state index < -0.39 is 0 Å². The molecule has 8 aromatic carbocycles. The van der Waals surface area contributed by atoms with Crippen molar-refractivity contribution in [3.8, 4) is 45.0 Å². The van der Waals surface area contributed by atoms with Crippen molar-refractivity contribution in [2.24, 2.45) is 0 Å². The Morgan fingerprint density at radius 2 is 1.12 bits per heavy atom. The minimum Gasteiger partial charge on any atom is -0.455 e. The van der Waals surface area contributed by atoms with Gasteiger partial charge >= 0.3 is 0 Å². The molecule has 4 nitrogen and oxygen atoms in total. The lowest BCUT2D eigenvalue weighted by molar-refractivity contribution is 0.670. The highest BCUT2D eigenvalue weighted by molar-refractivity contribution is 6.14. The third-order valence-electron chi connectivity index (χ3n) is 11.6. The van der Waals surface area contributed by atoms with Crippen molar-refractivity contribution in [2.75, 3.05) is 4.90 Å². The molecule has 0 saturated carbocycles. The molecule has 1 atom stereocenters. The highest BCUT2D eigenvalue weighted by atomic mass is 16.3. The van der Waals surface area contributed by atoms with E-state index in [0.29, 0.717) is 11.7 Å². The molecule has 10 aromatic rings. The number of hydrogen-bond acceptors (Lipinski definition) is 4. The van der Waals surface area contributed by atoms with Gasteiger partial charge in [-0.05, 0) is 94.6 Å². The Kier molecular flexibility index (Phi) is 8.94. The molecular weight excluding hydrogens is 731 g/mol. The molecule has 11 rings (SSSR count).